The summed E-state index contributed by atoms with van der Waals surface area (Å²) in [6.45, 7) is 2.68. The first-order valence-corrected chi connectivity index (χ1v) is 9.34. The molecule has 1 unspecified atom stereocenters. The van der Waals surface area contributed by atoms with Crippen molar-refractivity contribution >= 4 is 17.7 Å². The van der Waals surface area contributed by atoms with E-state index in [-0.39, 0.29) is 11.1 Å². The minimum atomic E-state index is -1.18. The van der Waals surface area contributed by atoms with E-state index in [2.05, 4.69) is 0 Å². The molecule has 3 rings (SSSR count). The highest BCUT2D eigenvalue weighted by Crippen LogP contribution is 2.23. The van der Waals surface area contributed by atoms with E-state index in [0.717, 1.165) is 29.3 Å². The van der Waals surface area contributed by atoms with Crippen molar-refractivity contribution in [1.82, 2.24) is 0 Å². The van der Waals surface area contributed by atoms with Crippen LogP contribution in [0.4, 0.5) is 8.78 Å². The molecular formula is C24H18F2O5. The van der Waals surface area contributed by atoms with Crippen molar-refractivity contribution in [3.05, 3.63) is 89.5 Å². The number of halogens is 2. The van der Waals surface area contributed by atoms with Crippen LogP contribution in [0.3, 0.4) is 0 Å². The van der Waals surface area contributed by atoms with E-state index in [1.165, 1.54) is 13.8 Å². The topological polar surface area (TPSA) is 69.7 Å². The van der Waals surface area contributed by atoms with Crippen LogP contribution < -0.4 is 4.74 Å². The third-order valence-corrected chi connectivity index (χ3v) is 4.43. The second kappa shape index (κ2) is 9.30. The summed E-state index contributed by atoms with van der Waals surface area (Å²) in [5, 5.41) is 0. The highest BCUT2D eigenvalue weighted by atomic mass is 19.2. The number of ketones is 1. The van der Waals surface area contributed by atoms with Gasteiger partial charge in [0.1, 0.15) is 5.75 Å². The lowest BCUT2D eigenvalue weighted by molar-refractivity contribution is -0.131. The first-order valence-electron chi connectivity index (χ1n) is 9.34. The number of carbonyl (C=O) groups is 3. The highest BCUT2D eigenvalue weighted by Gasteiger charge is 2.21. The maximum absolute atomic E-state index is 13.3. The van der Waals surface area contributed by atoms with Crippen molar-refractivity contribution in [2.45, 2.75) is 20.0 Å². The summed E-state index contributed by atoms with van der Waals surface area (Å²) in [5.41, 5.74) is 1.80. The van der Waals surface area contributed by atoms with Crippen molar-refractivity contribution in [1.29, 1.82) is 0 Å². The number of rotatable bonds is 6. The SMILES string of the molecule is CC(=O)Oc1ccc(-c2ccc(C(=O)OC(C)C(=O)c3ccc(F)c(F)c3)cc2)cc1. The number of hydrogen-bond donors (Lipinski definition) is 0. The molecule has 158 valence electrons. The van der Waals surface area contributed by atoms with Gasteiger partial charge in [-0.15, -0.1) is 0 Å². The number of esters is 2. The molecule has 0 aliphatic rings. The predicted molar refractivity (Wildman–Crippen MR) is 109 cm³/mol. The van der Waals surface area contributed by atoms with Crippen molar-refractivity contribution in [2.24, 2.45) is 0 Å². The van der Waals surface area contributed by atoms with Crippen LogP contribution in [0.1, 0.15) is 34.6 Å². The van der Waals surface area contributed by atoms with Crippen molar-refractivity contribution in [2.75, 3.05) is 0 Å². The molecule has 0 aromatic heterocycles. The third kappa shape index (κ3) is 5.39. The molecule has 0 amide bonds. The van der Waals surface area contributed by atoms with Crippen LogP contribution in [0.2, 0.25) is 0 Å². The first kappa shape index (κ1) is 21.8. The fourth-order valence-electron chi connectivity index (χ4n) is 2.85. The molecule has 1 atom stereocenters. The lowest BCUT2D eigenvalue weighted by atomic mass is 10.0. The van der Waals surface area contributed by atoms with E-state index >= 15 is 0 Å². The summed E-state index contributed by atoms with van der Waals surface area (Å²) >= 11 is 0. The smallest absolute Gasteiger partial charge is 0.338 e. The van der Waals surface area contributed by atoms with Crippen LogP contribution in [0.25, 0.3) is 11.1 Å². The van der Waals surface area contributed by atoms with Crippen LogP contribution in [0.15, 0.2) is 66.7 Å². The zero-order chi connectivity index (χ0) is 22.5. The first-order chi connectivity index (χ1) is 14.7. The van der Waals surface area contributed by atoms with Crippen molar-refractivity contribution < 1.29 is 32.6 Å². The normalized spacial score (nSPS) is 11.5. The summed E-state index contributed by atoms with van der Waals surface area (Å²) < 4.78 is 36.5. The summed E-state index contributed by atoms with van der Waals surface area (Å²) in [6, 6.07) is 16.1. The number of hydrogen-bond acceptors (Lipinski definition) is 5. The van der Waals surface area contributed by atoms with Crippen molar-refractivity contribution in [3.8, 4) is 16.9 Å². The molecular weight excluding hydrogens is 406 g/mol. The Balaban J connectivity index is 1.66. The van der Waals surface area contributed by atoms with E-state index in [9.17, 15) is 23.2 Å². The number of carbonyl (C=O) groups excluding carboxylic acids is 3. The largest absolute Gasteiger partial charge is 0.451 e. The minimum Gasteiger partial charge on any atom is -0.451 e. The predicted octanol–water partition coefficient (Wildman–Crippen LogP) is 4.99. The van der Waals surface area contributed by atoms with Gasteiger partial charge in [-0.05, 0) is 60.5 Å². The van der Waals surface area contributed by atoms with Gasteiger partial charge >= 0.3 is 11.9 Å². The van der Waals surface area contributed by atoms with Gasteiger partial charge < -0.3 is 9.47 Å². The van der Waals surface area contributed by atoms with Gasteiger partial charge in [0.15, 0.2) is 17.7 Å². The standard InChI is InChI=1S/C24H18F2O5/c1-14(23(28)19-9-12-21(25)22(26)13-19)30-24(29)18-5-3-16(4-6-18)17-7-10-20(11-8-17)31-15(2)27/h3-14H,1-2H3. The van der Waals surface area contributed by atoms with Crippen LogP contribution in [-0.4, -0.2) is 23.8 Å². The van der Waals surface area contributed by atoms with Crippen molar-refractivity contribution in [3.63, 3.8) is 0 Å². The molecule has 7 heteroatoms. The molecule has 0 spiro atoms. The summed E-state index contributed by atoms with van der Waals surface area (Å²) in [7, 11) is 0. The van der Waals surface area contributed by atoms with E-state index in [1.54, 1.807) is 48.5 Å². The molecule has 0 saturated heterocycles. The molecule has 0 bridgehead atoms. The number of benzene rings is 3. The van der Waals surface area contributed by atoms with Gasteiger partial charge in [0.25, 0.3) is 0 Å². The van der Waals surface area contributed by atoms with E-state index < -0.39 is 35.5 Å². The molecule has 0 heterocycles. The monoisotopic (exact) mass is 424 g/mol. The molecule has 0 aliphatic heterocycles. The number of Topliss-reactive ketones (excluding diaryl/α,β-unsaturated/α-hetero) is 1. The van der Waals surface area contributed by atoms with E-state index in [4.69, 9.17) is 9.47 Å². The van der Waals surface area contributed by atoms with Crippen LogP contribution >= 0.6 is 0 Å². The van der Waals surface area contributed by atoms with Gasteiger partial charge in [-0.2, -0.15) is 0 Å². The lowest BCUT2D eigenvalue weighted by Gasteiger charge is -2.13. The molecule has 0 radical (unpaired) electrons. The molecule has 0 N–H and O–H groups in total. The van der Waals surface area contributed by atoms with Gasteiger partial charge in [0, 0.05) is 12.5 Å². The molecule has 3 aromatic carbocycles. The Bertz CT molecular complexity index is 1120. The lowest BCUT2D eigenvalue weighted by Crippen LogP contribution is -2.24. The average molecular weight is 424 g/mol. The van der Waals surface area contributed by atoms with Crippen LogP contribution in [0, 0.1) is 11.6 Å². The quantitative estimate of drug-likeness (QED) is 0.317. The maximum atomic E-state index is 13.3. The average Bonchev–Trinajstić information content (AvgIpc) is 2.75. The second-order valence-electron chi connectivity index (χ2n) is 6.74. The Kier molecular flexibility index (Phi) is 6.55. The van der Waals surface area contributed by atoms with Gasteiger partial charge in [-0.3, -0.25) is 9.59 Å². The Hall–Kier alpha value is -3.87. The number of ether oxygens (including phenoxy) is 2. The Morgan fingerprint density at radius 1 is 0.774 bits per heavy atom. The Morgan fingerprint density at radius 3 is 1.87 bits per heavy atom. The van der Waals surface area contributed by atoms with Gasteiger partial charge in [0.05, 0.1) is 5.56 Å². The molecule has 5 nitrogen and oxygen atoms in total. The van der Waals surface area contributed by atoms with Crippen LogP contribution in [0.5, 0.6) is 5.75 Å². The summed E-state index contributed by atoms with van der Waals surface area (Å²) in [6.07, 6.45) is -1.18. The summed E-state index contributed by atoms with van der Waals surface area (Å²) in [5.74, 6) is -3.57. The fraction of sp³-hybridized carbons (Fsp3) is 0.125. The third-order valence-electron chi connectivity index (χ3n) is 4.43. The summed E-state index contributed by atoms with van der Waals surface area (Å²) in [4.78, 5) is 35.6. The zero-order valence-electron chi connectivity index (χ0n) is 16.7. The van der Waals surface area contributed by atoms with Gasteiger partial charge in [-0.1, -0.05) is 24.3 Å². The second-order valence-corrected chi connectivity index (χ2v) is 6.74. The van der Waals surface area contributed by atoms with Gasteiger partial charge in [0.2, 0.25) is 5.78 Å². The van der Waals surface area contributed by atoms with Gasteiger partial charge in [-0.25, -0.2) is 13.6 Å². The van der Waals surface area contributed by atoms with E-state index in [1.807, 2.05) is 0 Å². The molecule has 31 heavy (non-hydrogen) atoms. The maximum Gasteiger partial charge on any atom is 0.338 e. The molecule has 3 aromatic rings. The fourth-order valence-corrected chi connectivity index (χ4v) is 2.85. The highest BCUT2D eigenvalue weighted by molar-refractivity contribution is 6.01. The Morgan fingerprint density at radius 2 is 1.32 bits per heavy atom. The van der Waals surface area contributed by atoms with Crippen LogP contribution in [-0.2, 0) is 9.53 Å². The molecule has 0 saturated carbocycles. The molecule has 0 fully saturated rings. The molecule has 0 aliphatic carbocycles. The minimum absolute atomic E-state index is 0.0910. The zero-order valence-corrected chi connectivity index (χ0v) is 16.7. The van der Waals surface area contributed by atoms with E-state index in [0.29, 0.717) is 5.75 Å². The Labute approximate surface area is 177 Å².